The second-order valence-electron chi connectivity index (χ2n) is 4.51. The Kier molecular flexibility index (Phi) is 3.27. The van der Waals surface area contributed by atoms with Crippen molar-refractivity contribution in [1.29, 1.82) is 0 Å². The van der Waals surface area contributed by atoms with Gasteiger partial charge in [-0.2, -0.15) is 0 Å². The summed E-state index contributed by atoms with van der Waals surface area (Å²) in [4.78, 5) is 0. The highest BCUT2D eigenvalue weighted by molar-refractivity contribution is 5.35. The zero-order valence-corrected chi connectivity index (χ0v) is 9.02. The van der Waals surface area contributed by atoms with Gasteiger partial charge in [-0.15, -0.1) is 0 Å². The van der Waals surface area contributed by atoms with Gasteiger partial charge in [-0.05, 0) is 55.7 Å². The van der Waals surface area contributed by atoms with Crippen LogP contribution in [0.5, 0.6) is 5.75 Å². The van der Waals surface area contributed by atoms with Gasteiger partial charge in [0.25, 0.3) is 0 Å². The van der Waals surface area contributed by atoms with E-state index in [0.29, 0.717) is 17.6 Å². The van der Waals surface area contributed by atoms with Crippen molar-refractivity contribution >= 4 is 0 Å². The van der Waals surface area contributed by atoms with E-state index in [4.69, 9.17) is 5.73 Å². The Morgan fingerprint density at radius 2 is 1.80 bits per heavy atom. The highest BCUT2D eigenvalue weighted by atomic mass is 16.3. The smallest absolute Gasteiger partial charge is 0.119 e. The second kappa shape index (κ2) is 4.67. The van der Waals surface area contributed by atoms with Crippen LogP contribution in [-0.4, -0.2) is 11.7 Å². The molecule has 15 heavy (non-hydrogen) atoms. The molecule has 0 heterocycles. The third kappa shape index (κ3) is 2.32. The molecule has 0 amide bonds. The first-order valence-corrected chi connectivity index (χ1v) is 5.79. The van der Waals surface area contributed by atoms with Gasteiger partial charge in [-0.25, -0.2) is 0 Å². The molecular weight excluding hydrogens is 186 g/mol. The molecule has 0 saturated heterocycles. The van der Waals surface area contributed by atoms with E-state index in [2.05, 4.69) is 0 Å². The summed E-state index contributed by atoms with van der Waals surface area (Å²) in [6, 6.07) is 7.71. The second-order valence-corrected chi connectivity index (χ2v) is 4.51. The van der Waals surface area contributed by atoms with Gasteiger partial charge >= 0.3 is 0 Å². The molecule has 0 spiro atoms. The molecule has 0 atom stereocenters. The Balaban J connectivity index is 2.04. The lowest BCUT2D eigenvalue weighted by atomic mass is 9.78. The van der Waals surface area contributed by atoms with E-state index in [1.54, 1.807) is 6.07 Å². The number of hydrogen-bond donors (Lipinski definition) is 2. The number of benzene rings is 1. The van der Waals surface area contributed by atoms with Crippen molar-refractivity contribution < 1.29 is 5.11 Å². The number of phenols is 1. The van der Waals surface area contributed by atoms with Gasteiger partial charge in [-0.1, -0.05) is 18.2 Å². The van der Waals surface area contributed by atoms with Crippen molar-refractivity contribution in [2.24, 2.45) is 11.7 Å². The average molecular weight is 205 g/mol. The molecule has 0 radical (unpaired) electrons. The summed E-state index contributed by atoms with van der Waals surface area (Å²) in [5.74, 6) is 1.69. The highest BCUT2D eigenvalue weighted by Gasteiger charge is 2.22. The van der Waals surface area contributed by atoms with E-state index in [1.807, 2.05) is 18.2 Å². The minimum absolute atomic E-state index is 0.452. The topological polar surface area (TPSA) is 46.2 Å². The van der Waals surface area contributed by atoms with Crippen molar-refractivity contribution in [3.63, 3.8) is 0 Å². The largest absolute Gasteiger partial charge is 0.508 e. The van der Waals surface area contributed by atoms with Crippen molar-refractivity contribution in [3.05, 3.63) is 29.8 Å². The summed E-state index contributed by atoms with van der Waals surface area (Å²) in [5.41, 5.74) is 6.79. The molecule has 2 rings (SSSR count). The van der Waals surface area contributed by atoms with Crippen LogP contribution >= 0.6 is 0 Å². The summed E-state index contributed by atoms with van der Waals surface area (Å²) in [7, 11) is 0. The lowest BCUT2D eigenvalue weighted by Crippen LogP contribution is -2.20. The van der Waals surface area contributed by atoms with Crippen LogP contribution in [0.25, 0.3) is 0 Å². The summed E-state index contributed by atoms with van der Waals surface area (Å²) < 4.78 is 0. The molecule has 1 aliphatic rings. The van der Waals surface area contributed by atoms with Gasteiger partial charge in [-0.3, -0.25) is 0 Å². The van der Waals surface area contributed by atoms with Crippen molar-refractivity contribution in [1.82, 2.24) is 0 Å². The third-order valence-electron chi connectivity index (χ3n) is 3.56. The summed E-state index contributed by atoms with van der Waals surface area (Å²) in [6.45, 7) is 0.813. The average Bonchev–Trinajstić information content (AvgIpc) is 2.30. The Morgan fingerprint density at radius 3 is 2.40 bits per heavy atom. The predicted molar refractivity (Wildman–Crippen MR) is 61.9 cm³/mol. The van der Waals surface area contributed by atoms with Gasteiger partial charge in [0.2, 0.25) is 0 Å². The maximum absolute atomic E-state index is 9.76. The van der Waals surface area contributed by atoms with E-state index < -0.39 is 0 Å². The normalized spacial score (nSPS) is 26.5. The Morgan fingerprint density at radius 1 is 1.13 bits per heavy atom. The zero-order chi connectivity index (χ0) is 10.7. The Bertz CT molecular complexity index is 316. The number of aromatic hydroxyl groups is 1. The molecule has 1 aromatic rings. The van der Waals surface area contributed by atoms with Crippen LogP contribution in [0.15, 0.2) is 24.3 Å². The molecule has 0 aromatic heterocycles. The van der Waals surface area contributed by atoms with Crippen molar-refractivity contribution in [2.45, 2.75) is 31.6 Å². The van der Waals surface area contributed by atoms with Crippen molar-refractivity contribution in [2.75, 3.05) is 6.54 Å². The lowest BCUT2D eigenvalue weighted by molar-refractivity contribution is 0.327. The van der Waals surface area contributed by atoms with Gasteiger partial charge in [0.05, 0.1) is 0 Å². The molecular formula is C13H19NO. The number of phenolic OH excluding ortho intramolecular Hbond substituents is 1. The molecule has 82 valence electrons. The zero-order valence-electron chi connectivity index (χ0n) is 9.02. The van der Waals surface area contributed by atoms with E-state index in [1.165, 1.54) is 25.7 Å². The fourth-order valence-corrected chi connectivity index (χ4v) is 2.54. The molecule has 1 fully saturated rings. The molecule has 0 aliphatic heterocycles. The summed E-state index contributed by atoms with van der Waals surface area (Å²) in [6.07, 6.45) is 4.74. The Labute approximate surface area is 91.1 Å². The van der Waals surface area contributed by atoms with Crippen LogP contribution in [0, 0.1) is 5.92 Å². The molecule has 1 aliphatic carbocycles. The van der Waals surface area contributed by atoms with Gasteiger partial charge in [0, 0.05) is 0 Å². The van der Waals surface area contributed by atoms with Gasteiger partial charge < -0.3 is 10.8 Å². The first-order valence-electron chi connectivity index (χ1n) is 5.79. The SMILES string of the molecule is NCC1CCC(c2ccccc2O)CC1. The van der Waals surface area contributed by atoms with Crippen LogP contribution in [0.2, 0.25) is 0 Å². The fraction of sp³-hybridized carbons (Fsp3) is 0.538. The highest BCUT2D eigenvalue weighted by Crippen LogP contribution is 2.38. The first kappa shape index (κ1) is 10.5. The fourth-order valence-electron chi connectivity index (χ4n) is 2.54. The number of rotatable bonds is 2. The van der Waals surface area contributed by atoms with E-state index in [-0.39, 0.29) is 0 Å². The lowest BCUT2D eigenvalue weighted by Gasteiger charge is -2.28. The molecule has 1 saturated carbocycles. The molecule has 0 bridgehead atoms. The molecule has 2 nitrogen and oxygen atoms in total. The standard InChI is InChI=1S/C13H19NO/c14-9-10-5-7-11(8-6-10)12-3-1-2-4-13(12)15/h1-4,10-11,15H,5-9,14H2. The van der Waals surface area contributed by atoms with Crippen LogP contribution < -0.4 is 5.73 Å². The first-order chi connectivity index (χ1) is 7.31. The molecule has 3 N–H and O–H groups in total. The maximum atomic E-state index is 9.76. The van der Waals surface area contributed by atoms with Gasteiger partial charge in [0.1, 0.15) is 5.75 Å². The van der Waals surface area contributed by atoms with Crippen LogP contribution in [0.3, 0.4) is 0 Å². The molecule has 0 unspecified atom stereocenters. The quantitative estimate of drug-likeness (QED) is 0.779. The van der Waals surface area contributed by atoms with Crippen LogP contribution in [-0.2, 0) is 0 Å². The van der Waals surface area contributed by atoms with E-state index in [9.17, 15) is 5.11 Å². The minimum Gasteiger partial charge on any atom is -0.508 e. The van der Waals surface area contributed by atoms with Crippen LogP contribution in [0.4, 0.5) is 0 Å². The number of nitrogens with two attached hydrogens (primary N) is 1. The van der Waals surface area contributed by atoms with E-state index >= 15 is 0 Å². The monoisotopic (exact) mass is 205 g/mol. The minimum atomic E-state index is 0.452. The summed E-state index contributed by atoms with van der Waals surface area (Å²) >= 11 is 0. The maximum Gasteiger partial charge on any atom is 0.119 e. The molecule has 1 aromatic carbocycles. The Hall–Kier alpha value is -1.02. The predicted octanol–water partition coefficient (Wildman–Crippen LogP) is 2.62. The number of para-hydroxylation sites is 1. The number of hydrogen-bond acceptors (Lipinski definition) is 2. The van der Waals surface area contributed by atoms with Crippen LogP contribution in [0.1, 0.15) is 37.2 Å². The third-order valence-corrected chi connectivity index (χ3v) is 3.56. The molecule has 2 heteroatoms. The van der Waals surface area contributed by atoms with Gasteiger partial charge in [0.15, 0.2) is 0 Å². The van der Waals surface area contributed by atoms with Crippen molar-refractivity contribution in [3.8, 4) is 5.75 Å². The summed E-state index contributed by atoms with van der Waals surface area (Å²) in [5, 5.41) is 9.76. The van der Waals surface area contributed by atoms with E-state index in [0.717, 1.165) is 12.1 Å².